The summed E-state index contributed by atoms with van der Waals surface area (Å²) in [5, 5.41) is 3.88. The Morgan fingerprint density at radius 1 is 1.38 bits per heavy atom. The van der Waals surface area contributed by atoms with Gasteiger partial charge in [0.2, 0.25) is 0 Å². The Balaban J connectivity index is 2.63. The number of benzene rings is 1. The molecule has 0 atom stereocenters. The zero-order valence-corrected chi connectivity index (χ0v) is 8.99. The van der Waals surface area contributed by atoms with Gasteiger partial charge in [0.15, 0.2) is 0 Å². The lowest BCUT2D eigenvalue weighted by Gasteiger charge is -2.05. The van der Waals surface area contributed by atoms with Gasteiger partial charge in [-0.3, -0.25) is 4.79 Å². The quantitative estimate of drug-likeness (QED) is 0.729. The van der Waals surface area contributed by atoms with Crippen LogP contribution in [-0.4, -0.2) is 9.78 Å². The molecule has 0 aliphatic heterocycles. The van der Waals surface area contributed by atoms with Crippen LogP contribution in [0.5, 0.6) is 0 Å². The van der Waals surface area contributed by atoms with Gasteiger partial charge in [-0.05, 0) is 43.2 Å². The molecule has 2 rings (SSSR count). The summed E-state index contributed by atoms with van der Waals surface area (Å²) in [6.45, 7) is 3.49. The molecule has 1 heterocycles. The highest BCUT2D eigenvalue weighted by molar-refractivity contribution is 5.34. The minimum absolute atomic E-state index is 0.121. The van der Waals surface area contributed by atoms with Crippen molar-refractivity contribution < 1.29 is 4.39 Å². The zero-order valence-electron chi connectivity index (χ0n) is 8.99. The molecule has 0 aliphatic rings. The van der Waals surface area contributed by atoms with Crippen molar-refractivity contribution in [3.8, 4) is 5.69 Å². The topological polar surface area (TPSA) is 34.9 Å². The van der Waals surface area contributed by atoms with Crippen molar-refractivity contribution >= 4 is 0 Å². The highest BCUT2D eigenvalue weighted by atomic mass is 19.1. The van der Waals surface area contributed by atoms with Crippen molar-refractivity contribution in [1.82, 2.24) is 9.78 Å². The molecular formula is C12H10FN2O. The molecule has 2 aromatic rings. The molecule has 16 heavy (non-hydrogen) atoms. The third-order valence-electron chi connectivity index (χ3n) is 2.19. The Morgan fingerprint density at radius 3 is 2.75 bits per heavy atom. The van der Waals surface area contributed by atoms with E-state index >= 15 is 0 Å². The van der Waals surface area contributed by atoms with Gasteiger partial charge >= 0.3 is 0 Å². The molecule has 0 N–H and O–H groups in total. The van der Waals surface area contributed by atoms with Crippen molar-refractivity contribution in [3.63, 3.8) is 0 Å². The van der Waals surface area contributed by atoms with Crippen molar-refractivity contribution in [3.05, 3.63) is 57.8 Å². The fourth-order valence-electron chi connectivity index (χ4n) is 1.40. The lowest BCUT2D eigenvalue weighted by Crippen LogP contribution is -2.21. The number of hydrogen-bond donors (Lipinski definition) is 0. The molecular weight excluding hydrogens is 207 g/mol. The Morgan fingerprint density at radius 2 is 2.12 bits per heavy atom. The fraction of sp³-hybridized carbons (Fsp3) is 0.167. The van der Waals surface area contributed by atoms with E-state index in [1.54, 1.807) is 13.8 Å². The van der Waals surface area contributed by atoms with E-state index in [0.717, 1.165) is 10.2 Å². The predicted octanol–water partition coefficient (Wildman–Crippen LogP) is 1.79. The molecule has 1 aromatic carbocycles. The van der Waals surface area contributed by atoms with Crippen LogP contribution in [0.1, 0.15) is 11.1 Å². The molecule has 3 nitrogen and oxygen atoms in total. The first-order chi connectivity index (χ1) is 7.58. The van der Waals surface area contributed by atoms with Crippen LogP contribution >= 0.6 is 0 Å². The average Bonchev–Trinajstić information content (AvgIpc) is 2.19. The van der Waals surface area contributed by atoms with E-state index in [9.17, 15) is 9.18 Å². The van der Waals surface area contributed by atoms with Gasteiger partial charge in [-0.2, -0.15) is 9.78 Å². The van der Waals surface area contributed by atoms with E-state index < -0.39 is 5.82 Å². The first-order valence-corrected chi connectivity index (χ1v) is 4.82. The van der Waals surface area contributed by atoms with Crippen molar-refractivity contribution in [1.29, 1.82) is 0 Å². The summed E-state index contributed by atoms with van der Waals surface area (Å²) in [6.07, 6.45) is 1.51. The molecule has 1 aromatic heterocycles. The van der Waals surface area contributed by atoms with Crippen LogP contribution < -0.4 is 5.56 Å². The van der Waals surface area contributed by atoms with Crippen molar-refractivity contribution in [2.45, 2.75) is 13.8 Å². The molecule has 0 unspecified atom stereocenters. The minimum atomic E-state index is -0.477. The fourth-order valence-corrected chi connectivity index (χ4v) is 1.40. The van der Waals surface area contributed by atoms with Gasteiger partial charge in [0, 0.05) is 6.07 Å². The highest BCUT2D eigenvalue weighted by Crippen LogP contribution is 2.11. The summed E-state index contributed by atoms with van der Waals surface area (Å²) >= 11 is 0. The molecule has 0 aliphatic carbocycles. The van der Waals surface area contributed by atoms with E-state index in [1.807, 2.05) is 0 Å². The summed E-state index contributed by atoms with van der Waals surface area (Å²) in [5.41, 5.74) is 1.20. The molecule has 0 spiro atoms. The third kappa shape index (κ3) is 1.86. The minimum Gasteiger partial charge on any atom is -0.267 e. The summed E-state index contributed by atoms with van der Waals surface area (Å²) in [4.78, 5) is 11.6. The molecule has 0 saturated carbocycles. The largest absolute Gasteiger partial charge is 0.271 e. The van der Waals surface area contributed by atoms with E-state index in [2.05, 4.69) is 11.2 Å². The predicted molar refractivity (Wildman–Crippen MR) is 58.1 cm³/mol. The van der Waals surface area contributed by atoms with Gasteiger partial charge < -0.3 is 0 Å². The van der Waals surface area contributed by atoms with Gasteiger partial charge in [-0.15, -0.1) is 0 Å². The molecule has 0 fully saturated rings. The number of hydrogen-bond acceptors (Lipinski definition) is 2. The van der Waals surface area contributed by atoms with Gasteiger partial charge in [-0.25, -0.2) is 4.39 Å². The Labute approximate surface area is 92.2 Å². The highest BCUT2D eigenvalue weighted by Gasteiger charge is 2.07. The number of aryl methyl sites for hydroxylation is 2. The summed E-state index contributed by atoms with van der Waals surface area (Å²) in [7, 11) is 0. The lowest BCUT2D eigenvalue weighted by atomic mass is 10.2. The molecule has 81 valence electrons. The first-order valence-electron chi connectivity index (χ1n) is 4.82. The number of rotatable bonds is 1. The maximum atomic E-state index is 13.6. The molecule has 4 heteroatoms. The summed E-state index contributed by atoms with van der Waals surface area (Å²) in [6, 6.07) is 7.00. The van der Waals surface area contributed by atoms with Gasteiger partial charge in [0.25, 0.3) is 5.56 Å². The van der Waals surface area contributed by atoms with Crippen LogP contribution in [0.15, 0.2) is 29.2 Å². The molecule has 1 radical (unpaired) electrons. The lowest BCUT2D eigenvalue weighted by molar-refractivity contribution is 0.603. The normalized spacial score (nSPS) is 10.4. The Kier molecular flexibility index (Phi) is 2.56. The Bertz CT molecular complexity index is 590. The van der Waals surface area contributed by atoms with Crippen LogP contribution in [0.4, 0.5) is 4.39 Å². The van der Waals surface area contributed by atoms with Gasteiger partial charge in [0.05, 0.1) is 6.20 Å². The van der Waals surface area contributed by atoms with Crippen LogP contribution in [0.25, 0.3) is 5.69 Å². The second-order valence-corrected chi connectivity index (χ2v) is 3.63. The maximum absolute atomic E-state index is 13.6. The van der Waals surface area contributed by atoms with Crippen molar-refractivity contribution in [2.75, 3.05) is 0 Å². The van der Waals surface area contributed by atoms with Gasteiger partial charge in [-0.1, -0.05) is 0 Å². The van der Waals surface area contributed by atoms with Crippen LogP contribution in [-0.2, 0) is 0 Å². The van der Waals surface area contributed by atoms with Crippen LogP contribution in [0, 0.1) is 25.7 Å². The standard InChI is InChI=1S/C12H10FN2O/c1-8-3-4-11(10(13)5-8)15-12(16)6-9(2)7-14-15/h4-7H,1-2H3. The van der Waals surface area contributed by atoms with E-state index in [0.29, 0.717) is 5.56 Å². The second kappa shape index (κ2) is 3.89. The van der Waals surface area contributed by atoms with E-state index in [4.69, 9.17) is 0 Å². The van der Waals surface area contributed by atoms with Crippen molar-refractivity contribution in [2.24, 2.45) is 0 Å². The molecule has 0 amide bonds. The first kappa shape index (κ1) is 10.5. The smallest absolute Gasteiger partial charge is 0.267 e. The molecule has 0 bridgehead atoms. The third-order valence-corrected chi connectivity index (χ3v) is 2.19. The number of aromatic nitrogens is 2. The van der Waals surface area contributed by atoms with E-state index in [1.165, 1.54) is 24.4 Å². The SMILES string of the molecule is Cc1[c]cc(-n2ncc(C)cc2=O)c(F)c1. The van der Waals surface area contributed by atoms with Crippen LogP contribution in [0.3, 0.4) is 0 Å². The Hall–Kier alpha value is -1.97. The van der Waals surface area contributed by atoms with Crippen LogP contribution in [0.2, 0.25) is 0 Å². The second-order valence-electron chi connectivity index (χ2n) is 3.63. The number of halogens is 1. The van der Waals surface area contributed by atoms with E-state index in [-0.39, 0.29) is 11.2 Å². The summed E-state index contributed by atoms with van der Waals surface area (Å²) < 4.78 is 14.6. The summed E-state index contributed by atoms with van der Waals surface area (Å²) in [5.74, 6) is -0.477. The maximum Gasteiger partial charge on any atom is 0.271 e. The average molecular weight is 217 g/mol. The number of nitrogens with zero attached hydrogens (tertiary/aromatic N) is 2. The molecule has 0 saturated heterocycles. The zero-order chi connectivity index (χ0) is 11.7. The van der Waals surface area contributed by atoms with Gasteiger partial charge in [0.1, 0.15) is 11.5 Å². The monoisotopic (exact) mass is 217 g/mol.